The van der Waals surface area contributed by atoms with Gasteiger partial charge in [-0.15, -0.1) is 0 Å². The SMILES string of the molecule is CCC1(C)NC(=O)CCN(Cc2ccc(I)cc2)C1=O. The van der Waals surface area contributed by atoms with Gasteiger partial charge in [0.25, 0.3) is 0 Å². The van der Waals surface area contributed by atoms with Gasteiger partial charge in [0.15, 0.2) is 0 Å². The van der Waals surface area contributed by atoms with E-state index in [2.05, 4.69) is 27.9 Å². The Bertz CT molecular complexity index is 515. The van der Waals surface area contributed by atoms with Crippen LogP contribution >= 0.6 is 22.6 Å². The van der Waals surface area contributed by atoms with E-state index in [0.717, 1.165) is 5.56 Å². The lowest BCUT2D eigenvalue weighted by Gasteiger charge is -2.31. The molecule has 1 aliphatic heterocycles. The van der Waals surface area contributed by atoms with Crippen LogP contribution in [0.4, 0.5) is 0 Å². The van der Waals surface area contributed by atoms with Gasteiger partial charge in [0.2, 0.25) is 11.8 Å². The molecule has 1 aromatic rings. The van der Waals surface area contributed by atoms with Gasteiger partial charge in [0.1, 0.15) is 5.54 Å². The third kappa shape index (κ3) is 3.31. The van der Waals surface area contributed by atoms with Crippen LogP contribution in [-0.2, 0) is 16.1 Å². The molecule has 5 heteroatoms. The molecule has 1 atom stereocenters. The number of carbonyl (C=O) groups excluding carboxylic acids is 2. The molecule has 0 aromatic heterocycles. The van der Waals surface area contributed by atoms with Crippen molar-refractivity contribution >= 4 is 34.4 Å². The minimum Gasteiger partial charge on any atom is -0.342 e. The highest BCUT2D eigenvalue weighted by molar-refractivity contribution is 14.1. The molecule has 1 fully saturated rings. The maximum atomic E-state index is 12.6. The molecule has 0 bridgehead atoms. The number of benzene rings is 1. The third-order valence-corrected chi connectivity index (χ3v) is 4.50. The molecule has 0 saturated carbocycles. The van der Waals surface area contributed by atoms with Crippen LogP contribution in [0.2, 0.25) is 0 Å². The highest BCUT2D eigenvalue weighted by atomic mass is 127. The Morgan fingerprint density at radius 3 is 2.55 bits per heavy atom. The minimum absolute atomic E-state index is 0.00407. The summed E-state index contributed by atoms with van der Waals surface area (Å²) >= 11 is 2.26. The van der Waals surface area contributed by atoms with Gasteiger partial charge in [-0.1, -0.05) is 19.1 Å². The van der Waals surface area contributed by atoms with Gasteiger partial charge in [-0.3, -0.25) is 9.59 Å². The molecule has 4 nitrogen and oxygen atoms in total. The zero-order valence-electron chi connectivity index (χ0n) is 11.8. The number of halogens is 1. The van der Waals surface area contributed by atoms with Crippen LogP contribution in [0.15, 0.2) is 24.3 Å². The molecule has 108 valence electrons. The first-order valence-corrected chi connectivity index (χ1v) is 7.87. The van der Waals surface area contributed by atoms with E-state index in [1.165, 1.54) is 3.57 Å². The Morgan fingerprint density at radius 2 is 1.95 bits per heavy atom. The summed E-state index contributed by atoms with van der Waals surface area (Å²) in [4.78, 5) is 26.2. The molecule has 1 N–H and O–H groups in total. The predicted octanol–water partition coefficient (Wildman–Crippen LogP) is 2.31. The lowest BCUT2D eigenvalue weighted by atomic mass is 9.97. The molecule has 1 unspecified atom stereocenters. The van der Waals surface area contributed by atoms with Gasteiger partial charge in [-0.05, 0) is 53.6 Å². The van der Waals surface area contributed by atoms with Crippen LogP contribution in [-0.4, -0.2) is 28.8 Å². The number of amides is 2. The highest BCUT2D eigenvalue weighted by Gasteiger charge is 2.38. The molecular weight excluding hydrogens is 367 g/mol. The van der Waals surface area contributed by atoms with Crippen LogP contribution in [0.25, 0.3) is 0 Å². The van der Waals surface area contributed by atoms with E-state index in [-0.39, 0.29) is 11.8 Å². The Hall–Kier alpha value is -1.11. The maximum absolute atomic E-state index is 12.6. The van der Waals surface area contributed by atoms with Crippen LogP contribution in [0.3, 0.4) is 0 Å². The number of hydrogen-bond acceptors (Lipinski definition) is 2. The second-order valence-electron chi connectivity index (χ2n) is 5.34. The molecule has 0 radical (unpaired) electrons. The highest BCUT2D eigenvalue weighted by Crippen LogP contribution is 2.20. The van der Waals surface area contributed by atoms with E-state index < -0.39 is 5.54 Å². The Labute approximate surface area is 133 Å². The first-order valence-electron chi connectivity index (χ1n) is 6.79. The van der Waals surface area contributed by atoms with E-state index in [4.69, 9.17) is 0 Å². The van der Waals surface area contributed by atoms with Crippen LogP contribution in [0.1, 0.15) is 32.3 Å². The van der Waals surface area contributed by atoms with Crippen molar-refractivity contribution in [3.63, 3.8) is 0 Å². The first-order chi connectivity index (χ1) is 9.44. The molecule has 0 aliphatic carbocycles. The van der Waals surface area contributed by atoms with E-state index in [0.29, 0.717) is 25.9 Å². The fourth-order valence-corrected chi connectivity index (χ4v) is 2.67. The number of nitrogens with one attached hydrogen (secondary N) is 1. The van der Waals surface area contributed by atoms with Crippen molar-refractivity contribution in [1.82, 2.24) is 10.2 Å². The quantitative estimate of drug-likeness (QED) is 0.811. The standard InChI is InChI=1S/C15H19IN2O2/c1-3-15(2)14(20)18(9-8-13(19)17-15)10-11-4-6-12(16)7-5-11/h4-7H,3,8-10H2,1-2H3,(H,17,19). The fraction of sp³-hybridized carbons (Fsp3) is 0.467. The topological polar surface area (TPSA) is 49.4 Å². The summed E-state index contributed by atoms with van der Waals surface area (Å²) in [5.74, 6) is -0.0442. The third-order valence-electron chi connectivity index (χ3n) is 3.78. The molecule has 20 heavy (non-hydrogen) atoms. The van der Waals surface area contributed by atoms with Crippen LogP contribution in [0, 0.1) is 3.57 Å². The average molecular weight is 386 g/mol. The maximum Gasteiger partial charge on any atom is 0.248 e. The van der Waals surface area contributed by atoms with Gasteiger partial charge < -0.3 is 10.2 Å². The van der Waals surface area contributed by atoms with Crippen molar-refractivity contribution in [3.05, 3.63) is 33.4 Å². The molecule has 2 amide bonds. The van der Waals surface area contributed by atoms with E-state index in [1.54, 1.807) is 11.8 Å². The van der Waals surface area contributed by atoms with Crippen molar-refractivity contribution in [2.45, 2.75) is 38.8 Å². The van der Waals surface area contributed by atoms with Gasteiger partial charge in [-0.25, -0.2) is 0 Å². The lowest BCUT2D eigenvalue weighted by molar-refractivity contribution is -0.138. The number of hydrogen-bond donors (Lipinski definition) is 1. The monoisotopic (exact) mass is 386 g/mol. The summed E-state index contributed by atoms with van der Waals surface area (Å²) in [6.45, 7) is 4.76. The zero-order valence-corrected chi connectivity index (χ0v) is 13.9. The van der Waals surface area contributed by atoms with Crippen LogP contribution < -0.4 is 5.32 Å². The fourth-order valence-electron chi connectivity index (χ4n) is 2.31. The van der Waals surface area contributed by atoms with Gasteiger partial charge in [0, 0.05) is 23.1 Å². The van der Waals surface area contributed by atoms with Crippen molar-refractivity contribution in [2.24, 2.45) is 0 Å². The van der Waals surface area contributed by atoms with Gasteiger partial charge >= 0.3 is 0 Å². The summed E-state index contributed by atoms with van der Waals surface area (Å²) in [7, 11) is 0. The summed E-state index contributed by atoms with van der Waals surface area (Å²) in [6.07, 6.45) is 0.965. The molecule has 1 saturated heterocycles. The lowest BCUT2D eigenvalue weighted by Crippen LogP contribution is -2.54. The Kier molecular flexibility index (Phi) is 4.67. The second-order valence-corrected chi connectivity index (χ2v) is 6.58. The average Bonchev–Trinajstić information content (AvgIpc) is 2.53. The van der Waals surface area contributed by atoms with Crippen LogP contribution in [0.5, 0.6) is 0 Å². The Balaban J connectivity index is 2.19. The number of rotatable bonds is 3. The molecule has 0 spiro atoms. The first kappa shape index (κ1) is 15.3. The number of nitrogens with zero attached hydrogens (tertiary/aromatic N) is 1. The van der Waals surface area contributed by atoms with E-state index in [1.807, 2.05) is 31.2 Å². The minimum atomic E-state index is -0.781. The van der Waals surface area contributed by atoms with Crippen molar-refractivity contribution in [3.8, 4) is 0 Å². The molecule has 2 rings (SSSR count). The van der Waals surface area contributed by atoms with E-state index in [9.17, 15) is 9.59 Å². The molecule has 1 aromatic carbocycles. The summed E-state index contributed by atoms with van der Waals surface area (Å²) < 4.78 is 1.17. The largest absolute Gasteiger partial charge is 0.342 e. The summed E-state index contributed by atoms with van der Waals surface area (Å²) in [6, 6.07) is 8.11. The zero-order chi connectivity index (χ0) is 14.8. The smallest absolute Gasteiger partial charge is 0.248 e. The normalized spacial score (nSPS) is 23.4. The van der Waals surface area contributed by atoms with Crippen molar-refractivity contribution < 1.29 is 9.59 Å². The Morgan fingerprint density at radius 1 is 1.30 bits per heavy atom. The summed E-state index contributed by atoms with van der Waals surface area (Å²) in [5, 5.41) is 2.85. The van der Waals surface area contributed by atoms with Crippen molar-refractivity contribution in [1.29, 1.82) is 0 Å². The molecule has 1 heterocycles. The molecular formula is C15H19IN2O2. The predicted molar refractivity (Wildman–Crippen MR) is 86.0 cm³/mol. The van der Waals surface area contributed by atoms with Gasteiger partial charge in [0.05, 0.1) is 0 Å². The number of carbonyl (C=O) groups is 2. The second kappa shape index (κ2) is 6.11. The van der Waals surface area contributed by atoms with E-state index >= 15 is 0 Å². The van der Waals surface area contributed by atoms with Crippen molar-refractivity contribution in [2.75, 3.05) is 6.54 Å². The molecule has 1 aliphatic rings. The summed E-state index contributed by atoms with van der Waals surface area (Å²) in [5.41, 5.74) is 0.308. The van der Waals surface area contributed by atoms with Gasteiger partial charge in [-0.2, -0.15) is 0 Å².